The predicted octanol–water partition coefficient (Wildman–Crippen LogP) is 2.45. The molecule has 0 unspecified atom stereocenters. The second kappa shape index (κ2) is 5.53. The Hall–Kier alpha value is -1.35. The Morgan fingerprint density at radius 3 is 2.28 bits per heavy atom. The number of rotatable bonds is 3. The minimum Gasteiger partial charge on any atom is -0.387 e. The zero-order chi connectivity index (χ0) is 13.1. The Labute approximate surface area is 109 Å². The zero-order valence-electron chi connectivity index (χ0n) is 11.4. The summed E-state index contributed by atoms with van der Waals surface area (Å²) in [5.74, 6) is 0.668. The SMILES string of the molecule is Cc1cc(C)cc(CN2CCC(C(=N)N)CC2)c1. The quantitative estimate of drug-likeness (QED) is 0.635. The van der Waals surface area contributed by atoms with Crippen LogP contribution in [0.4, 0.5) is 0 Å². The molecular weight excluding hydrogens is 222 g/mol. The number of nitrogens with two attached hydrogens (primary N) is 1. The monoisotopic (exact) mass is 245 g/mol. The Bertz CT molecular complexity index is 411. The maximum atomic E-state index is 7.49. The first-order valence-corrected chi connectivity index (χ1v) is 6.68. The van der Waals surface area contributed by atoms with Crippen LogP contribution in [0, 0.1) is 25.2 Å². The van der Waals surface area contributed by atoms with Gasteiger partial charge < -0.3 is 5.73 Å². The van der Waals surface area contributed by atoms with Crippen molar-refractivity contribution < 1.29 is 0 Å². The van der Waals surface area contributed by atoms with E-state index in [1.54, 1.807) is 0 Å². The van der Waals surface area contributed by atoms with Crippen molar-refractivity contribution >= 4 is 5.84 Å². The predicted molar refractivity (Wildman–Crippen MR) is 75.8 cm³/mol. The van der Waals surface area contributed by atoms with E-state index < -0.39 is 0 Å². The van der Waals surface area contributed by atoms with Crippen molar-refractivity contribution in [2.45, 2.75) is 33.2 Å². The van der Waals surface area contributed by atoms with Crippen molar-refractivity contribution in [3.8, 4) is 0 Å². The molecule has 0 atom stereocenters. The van der Waals surface area contributed by atoms with Crippen LogP contribution in [0.3, 0.4) is 0 Å². The molecule has 1 saturated heterocycles. The summed E-state index contributed by atoms with van der Waals surface area (Å²) < 4.78 is 0. The minimum atomic E-state index is 0.306. The van der Waals surface area contributed by atoms with Crippen LogP contribution < -0.4 is 5.73 Å². The van der Waals surface area contributed by atoms with Crippen LogP contribution in [0.25, 0.3) is 0 Å². The molecule has 3 nitrogen and oxygen atoms in total. The molecule has 0 radical (unpaired) electrons. The smallest absolute Gasteiger partial charge is 0.0937 e. The van der Waals surface area contributed by atoms with E-state index in [0.717, 1.165) is 32.5 Å². The number of likely N-dealkylation sites (tertiary alicyclic amines) is 1. The van der Waals surface area contributed by atoms with E-state index in [1.165, 1.54) is 16.7 Å². The van der Waals surface area contributed by atoms with Crippen LogP contribution in [0.2, 0.25) is 0 Å². The summed E-state index contributed by atoms with van der Waals surface area (Å²) in [6.07, 6.45) is 2.06. The molecule has 1 aliphatic heterocycles. The molecule has 0 aliphatic carbocycles. The van der Waals surface area contributed by atoms with Gasteiger partial charge in [-0.1, -0.05) is 29.3 Å². The molecule has 2 rings (SSSR count). The van der Waals surface area contributed by atoms with Gasteiger partial charge >= 0.3 is 0 Å². The molecule has 0 aromatic heterocycles. The van der Waals surface area contributed by atoms with Crippen molar-refractivity contribution in [1.82, 2.24) is 4.90 Å². The standard InChI is InChI=1S/C15H23N3/c1-11-7-12(2)9-13(8-11)10-18-5-3-14(4-6-18)15(16)17/h7-9,14H,3-6,10H2,1-2H3,(H3,16,17). The lowest BCUT2D eigenvalue weighted by molar-refractivity contribution is 0.201. The van der Waals surface area contributed by atoms with Crippen molar-refractivity contribution in [2.24, 2.45) is 11.7 Å². The number of nitrogens with one attached hydrogen (secondary N) is 1. The molecule has 1 aromatic rings. The topological polar surface area (TPSA) is 53.1 Å². The highest BCUT2D eigenvalue weighted by Crippen LogP contribution is 2.19. The van der Waals surface area contributed by atoms with Gasteiger partial charge in [-0.15, -0.1) is 0 Å². The molecule has 98 valence electrons. The number of aryl methyl sites for hydroxylation is 2. The largest absolute Gasteiger partial charge is 0.387 e. The van der Waals surface area contributed by atoms with Gasteiger partial charge in [0.15, 0.2) is 0 Å². The third kappa shape index (κ3) is 3.33. The van der Waals surface area contributed by atoms with Gasteiger partial charge in [0, 0.05) is 12.5 Å². The second-order valence-corrected chi connectivity index (χ2v) is 5.50. The van der Waals surface area contributed by atoms with Crippen LogP contribution in [0.1, 0.15) is 29.5 Å². The molecule has 3 heteroatoms. The third-order valence-electron chi connectivity index (χ3n) is 3.72. The van der Waals surface area contributed by atoms with Crippen molar-refractivity contribution in [3.63, 3.8) is 0 Å². The molecule has 0 spiro atoms. The van der Waals surface area contributed by atoms with Gasteiger partial charge in [0.25, 0.3) is 0 Å². The average Bonchev–Trinajstić information content (AvgIpc) is 2.28. The van der Waals surface area contributed by atoms with E-state index >= 15 is 0 Å². The van der Waals surface area contributed by atoms with Crippen molar-refractivity contribution in [3.05, 3.63) is 34.9 Å². The lowest BCUT2D eigenvalue weighted by Gasteiger charge is -2.31. The van der Waals surface area contributed by atoms with Gasteiger partial charge in [0.2, 0.25) is 0 Å². The number of nitrogens with zero attached hydrogens (tertiary/aromatic N) is 1. The molecule has 0 bridgehead atoms. The Kier molecular flexibility index (Phi) is 4.02. The first-order chi connectivity index (χ1) is 8.54. The highest BCUT2D eigenvalue weighted by Gasteiger charge is 2.21. The summed E-state index contributed by atoms with van der Waals surface area (Å²) in [6.45, 7) is 7.43. The Morgan fingerprint density at radius 2 is 1.78 bits per heavy atom. The highest BCUT2D eigenvalue weighted by molar-refractivity contribution is 5.79. The van der Waals surface area contributed by atoms with Gasteiger partial charge in [-0.2, -0.15) is 0 Å². The van der Waals surface area contributed by atoms with Gasteiger partial charge in [0.05, 0.1) is 5.84 Å². The Balaban J connectivity index is 1.93. The molecule has 1 aromatic carbocycles. The molecule has 1 fully saturated rings. The van der Waals surface area contributed by atoms with Gasteiger partial charge in [0.1, 0.15) is 0 Å². The van der Waals surface area contributed by atoms with Crippen LogP contribution in [0.5, 0.6) is 0 Å². The molecular formula is C15H23N3. The fourth-order valence-corrected chi connectivity index (χ4v) is 2.82. The van der Waals surface area contributed by atoms with E-state index in [0.29, 0.717) is 11.8 Å². The van der Waals surface area contributed by atoms with Gasteiger partial charge in [-0.05, 0) is 45.3 Å². The second-order valence-electron chi connectivity index (χ2n) is 5.50. The molecule has 1 heterocycles. The first kappa shape index (κ1) is 13.1. The fourth-order valence-electron chi connectivity index (χ4n) is 2.82. The molecule has 1 aliphatic rings. The summed E-state index contributed by atoms with van der Waals surface area (Å²) in [5, 5.41) is 7.49. The number of amidine groups is 1. The summed E-state index contributed by atoms with van der Waals surface area (Å²) in [6, 6.07) is 6.75. The third-order valence-corrected chi connectivity index (χ3v) is 3.72. The molecule has 18 heavy (non-hydrogen) atoms. The van der Waals surface area contributed by atoms with Crippen LogP contribution in [0.15, 0.2) is 18.2 Å². The van der Waals surface area contributed by atoms with E-state index in [2.05, 4.69) is 36.9 Å². The number of hydrogen-bond donors (Lipinski definition) is 2. The molecule has 0 saturated carbocycles. The first-order valence-electron chi connectivity index (χ1n) is 6.68. The molecule has 3 N–H and O–H groups in total. The summed E-state index contributed by atoms with van der Waals surface area (Å²) in [7, 11) is 0. The lowest BCUT2D eigenvalue weighted by Crippen LogP contribution is -2.37. The Morgan fingerprint density at radius 1 is 1.22 bits per heavy atom. The lowest BCUT2D eigenvalue weighted by atomic mass is 9.95. The number of piperidine rings is 1. The van der Waals surface area contributed by atoms with Crippen LogP contribution >= 0.6 is 0 Å². The average molecular weight is 245 g/mol. The van der Waals surface area contributed by atoms with E-state index in [4.69, 9.17) is 11.1 Å². The van der Waals surface area contributed by atoms with Crippen molar-refractivity contribution in [2.75, 3.05) is 13.1 Å². The van der Waals surface area contributed by atoms with Crippen LogP contribution in [-0.4, -0.2) is 23.8 Å². The minimum absolute atomic E-state index is 0.306. The number of benzene rings is 1. The highest BCUT2D eigenvalue weighted by atomic mass is 15.1. The summed E-state index contributed by atoms with van der Waals surface area (Å²) in [4.78, 5) is 2.47. The maximum Gasteiger partial charge on any atom is 0.0937 e. The van der Waals surface area contributed by atoms with Crippen LogP contribution in [-0.2, 0) is 6.54 Å². The van der Waals surface area contributed by atoms with E-state index in [1.807, 2.05) is 0 Å². The van der Waals surface area contributed by atoms with Gasteiger partial charge in [-0.25, -0.2) is 0 Å². The fraction of sp³-hybridized carbons (Fsp3) is 0.533. The normalized spacial score (nSPS) is 17.9. The number of hydrogen-bond acceptors (Lipinski definition) is 2. The maximum absolute atomic E-state index is 7.49. The summed E-state index contributed by atoms with van der Waals surface area (Å²) >= 11 is 0. The van der Waals surface area contributed by atoms with Crippen molar-refractivity contribution in [1.29, 1.82) is 5.41 Å². The van der Waals surface area contributed by atoms with E-state index in [-0.39, 0.29) is 0 Å². The summed E-state index contributed by atoms with van der Waals surface area (Å²) in [5.41, 5.74) is 9.64. The van der Waals surface area contributed by atoms with Gasteiger partial charge in [-0.3, -0.25) is 10.3 Å². The zero-order valence-corrected chi connectivity index (χ0v) is 11.4. The van der Waals surface area contributed by atoms with E-state index in [9.17, 15) is 0 Å². The molecule has 0 amide bonds.